The number of fused-ring (bicyclic) bond motifs is 1. The minimum atomic E-state index is -0.164. The van der Waals surface area contributed by atoms with E-state index >= 15 is 0 Å². The topological polar surface area (TPSA) is 70.7 Å². The molecular weight excluding hydrogens is 402 g/mol. The van der Waals surface area contributed by atoms with E-state index in [2.05, 4.69) is 35.4 Å². The zero-order valence-electron chi connectivity index (χ0n) is 19.6. The number of allylic oxidation sites excluding steroid dienone is 1. The van der Waals surface area contributed by atoms with Gasteiger partial charge < -0.3 is 20.3 Å². The Morgan fingerprint density at radius 3 is 2.47 bits per heavy atom. The summed E-state index contributed by atoms with van der Waals surface area (Å²) in [6.07, 6.45) is 3.38. The van der Waals surface area contributed by atoms with E-state index in [4.69, 9.17) is 4.74 Å². The van der Waals surface area contributed by atoms with Gasteiger partial charge in [0.25, 0.3) is 5.91 Å². The summed E-state index contributed by atoms with van der Waals surface area (Å²) in [6, 6.07) is 12.8. The predicted molar refractivity (Wildman–Crippen MR) is 128 cm³/mol. The summed E-state index contributed by atoms with van der Waals surface area (Å²) in [4.78, 5) is 27.4. The number of carbonyl (C=O) groups is 2. The number of hydrogen-bond acceptors (Lipinski definition) is 5. The first kappa shape index (κ1) is 23.5. The normalized spacial score (nSPS) is 15.8. The number of nitrogens with zero attached hydrogens (tertiary/aromatic N) is 1. The first-order valence-corrected chi connectivity index (χ1v) is 10.9. The Balaban J connectivity index is 1.74. The summed E-state index contributed by atoms with van der Waals surface area (Å²) in [6.45, 7) is 5.77. The van der Waals surface area contributed by atoms with E-state index in [-0.39, 0.29) is 17.2 Å². The molecule has 1 aliphatic heterocycles. The molecule has 0 atom stereocenters. The van der Waals surface area contributed by atoms with Gasteiger partial charge in [-0.15, -0.1) is 0 Å². The number of amides is 1. The number of ether oxygens (including phenoxy) is 1. The lowest BCUT2D eigenvalue weighted by atomic mass is 9.85. The van der Waals surface area contributed by atoms with Crippen LogP contribution in [0.25, 0.3) is 5.70 Å². The van der Waals surface area contributed by atoms with Crippen molar-refractivity contribution >= 4 is 17.4 Å². The summed E-state index contributed by atoms with van der Waals surface area (Å²) in [5.74, 6) is 0.513. The van der Waals surface area contributed by atoms with Crippen molar-refractivity contribution in [1.82, 2.24) is 15.5 Å². The molecule has 1 aliphatic rings. The van der Waals surface area contributed by atoms with Crippen LogP contribution in [0.15, 0.2) is 48.5 Å². The highest BCUT2D eigenvalue weighted by atomic mass is 16.5. The quantitative estimate of drug-likeness (QED) is 0.377. The van der Waals surface area contributed by atoms with E-state index in [1.807, 2.05) is 26.2 Å². The number of carbonyl (C=O) groups excluding carboxylic acids is 2. The molecule has 0 bridgehead atoms. The highest BCUT2D eigenvalue weighted by molar-refractivity contribution is 6.09. The molecule has 0 fully saturated rings. The molecule has 0 aliphatic carbocycles. The molecule has 2 aromatic carbocycles. The summed E-state index contributed by atoms with van der Waals surface area (Å²) < 4.78 is 5.37. The minimum absolute atomic E-state index is 0.114. The molecule has 3 rings (SSSR count). The average Bonchev–Trinajstić information content (AvgIpc) is 2.75. The molecule has 0 radical (unpaired) electrons. The van der Waals surface area contributed by atoms with E-state index in [1.165, 1.54) is 5.56 Å². The molecular formula is C26H33N3O3. The molecule has 1 heterocycles. The van der Waals surface area contributed by atoms with Crippen molar-refractivity contribution in [2.24, 2.45) is 0 Å². The van der Waals surface area contributed by atoms with Crippen molar-refractivity contribution in [3.05, 3.63) is 70.8 Å². The van der Waals surface area contributed by atoms with Gasteiger partial charge in [-0.2, -0.15) is 0 Å². The molecule has 2 aromatic rings. The molecule has 1 amide bonds. The molecule has 6 nitrogen and oxygen atoms in total. The number of methoxy groups -OCH3 is 1. The van der Waals surface area contributed by atoms with Gasteiger partial charge in [0.1, 0.15) is 5.75 Å². The van der Waals surface area contributed by atoms with Crippen LogP contribution in [-0.4, -0.2) is 56.4 Å². The molecule has 32 heavy (non-hydrogen) atoms. The third-order valence-corrected chi connectivity index (χ3v) is 5.49. The van der Waals surface area contributed by atoms with Crippen LogP contribution in [0.3, 0.4) is 0 Å². The van der Waals surface area contributed by atoms with Gasteiger partial charge in [0.15, 0.2) is 5.78 Å². The average molecular weight is 436 g/mol. The molecule has 6 heteroatoms. The van der Waals surface area contributed by atoms with Gasteiger partial charge in [0.2, 0.25) is 0 Å². The Bertz CT molecular complexity index is 1010. The fraction of sp³-hybridized carbons (Fsp3) is 0.385. The van der Waals surface area contributed by atoms with Gasteiger partial charge in [0.05, 0.1) is 7.11 Å². The van der Waals surface area contributed by atoms with Crippen molar-refractivity contribution in [2.45, 2.75) is 32.2 Å². The smallest absolute Gasteiger partial charge is 0.251 e. The maximum Gasteiger partial charge on any atom is 0.251 e. The first-order valence-electron chi connectivity index (χ1n) is 10.9. The number of benzene rings is 2. The predicted octanol–water partition coefficient (Wildman–Crippen LogP) is 3.52. The standard InChI is InChI=1S/C26H33N3O3/c1-26(2)17-20-11-12-21(32-5)15-22(20)23(28-26)16-24(30)18-7-9-19(10-8-18)25(31)27-13-6-14-29(3)4/h7-12,15-16,28H,6,13-14,17H2,1-5H3,(H,27,31)/b23-16-. The van der Waals surface area contributed by atoms with Crippen molar-refractivity contribution in [1.29, 1.82) is 0 Å². The van der Waals surface area contributed by atoms with Crippen LogP contribution < -0.4 is 15.4 Å². The molecule has 170 valence electrons. The second-order valence-electron chi connectivity index (χ2n) is 9.12. The lowest BCUT2D eigenvalue weighted by molar-refractivity contribution is 0.0951. The summed E-state index contributed by atoms with van der Waals surface area (Å²) in [5, 5.41) is 6.40. The summed E-state index contributed by atoms with van der Waals surface area (Å²) in [7, 11) is 5.65. The van der Waals surface area contributed by atoms with E-state index in [0.717, 1.165) is 36.4 Å². The fourth-order valence-corrected chi connectivity index (χ4v) is 3.85. The molecule has 0 unspecified atom stereocenters. The van der Waals surface area contributed by atoms with E-state index < -0.39 is 0 Å². The zero-order valence-corrected chi connectivity index (χ0v) is 19.6. The number of rotatable bonds is 8. The third kappa shape index (κ3) is 5.98. The monoisotopic (exact) mass is 435 g/mol. The van der Waals surface area contributed by atoms with Crippen LogP contribution in [0.5, 0.6) is 5.75 Å². The summed E-state index contributed by atoms with van der Waals surface area (Å²) in [5.41, 5.74) is 3.85. The Labute approximate surface area is 190 Å². The van der Waals surface area contributed by atoms with Gasteiger partial charge in [-0.1, -0.05) is 18.2 Å². The minimum Gasteiger partial charge on any atom is -0.497 e. The highest BCUT2D eigenvalue weighted by Gasteiger charge is 2.28. The van der Waals surface area contributed by atoms with Crippen LogP contribution >= 0.6 is 0 Å². The van der Waals surface area contributed by atoms with Crippen molar-refractivity contribution in [3.8, 4) is 5.75 Å². The molecule has 2 N–H and O–H groups in total. The van der Waals surface area contributed by atoms with Crippen LogP contribution in [0.1, 0.15) is 52.1 Å². The van der Waals surface area contributed by atoms with Crippen molar-refractivity contribution < 1.29 is 14.3 Å². The largest absolute Gasteiger partial charge is 0.497 e. The Kier molecular flexibility index (Phi) is 7.36. The Hall–Kier alpha value is -3.12. The molecule has 0 aromatic heterocycles. The zero-order chi connectivity index (χ0) is 23.3. The van der Waals surface area contributed by atoms with Crippen LogP contribution in [-0.2, 0) is 6.42 Å². The van der Waals surface area contributed by atoms with Crippen molar-refractivity contribution in [2.75, 3.05) is 34.3 Å². The Morgan fingerprint density at radius 2 is 1.81 bits per heavy atom. The van der Waals surface area contributed by atoms with E-state index in [9.17, 15) is 9.59 Å². The van der Waals surface area contributed by atoms with Gasteiger partial charge in [-0.05, 0) is 77.2 Å². The maximum absolute atomic E-state index is 13.0. The van der Waals surface area contributed by atoms with Crippen molar-refractivity contribution in [3.63, 3.8) is 0 Å². The van der Waals surface area contributed by atoms with Crippen LogP contribution in [0.4, 0.5) is 0 Å². The number of hydrogen-bond donors (Lipinski definition) is 2. The third-order valence-electron chi connectivity index (χ3n) is 5.49. The lowest BCUT2D eigenvalue weighted by Gasteiger charge is -2.35. The molecule has 0 spiro atoms. The summed E-state index contributed by atoms with van der Waals surface area (Å²) >= 11 is 0. The SMILES string of the molecule is COc1ccc2c(c1)/C(=C/C(=O)c1ccc(C(=O)NCCCN(C)C)cc1)NC(C)(C)C2. The van der Waals surface area contributed by atoms with Gasteiger partial charge in [-0.25, -0.2) is 0 Å². The number of ketones is 1. The fourth-order valence-electron chi connectivity index (χ4n) is 3.85. The van der Waals surface area contributed by atoms with E-state index in [1.54, 1.807) is 37.5 Å². The van der Waals surface area contributed by atoms with Crippen LogP contribution in [0.2, 0.25) is 0 Å². The maximum atomic E-state index is 13.0. The Morgan fingerprint density at radius 1 is 1.12 bits per heavy atom. The van der Waals surface area contributed by atoms with Gasteiger partial charge >= 0.3 is 0 Å². The van der Waals surface area contributed by atoms with Gasteiger partial charge in [0, 0.05) is 40.5 Å². The first-order chi connectivity index (χ1) is 15.2. The van der Waals surface area contributed by atoms with Crippen LogP contribution in [0, 0.1) is 0 Å². The van der Waals surface area contributed by atoms with Gasteiger partial charge in [-0.3, -0.25) is 9.59 Å². The molecule has 0 saturated heterocycles. The lowest BCUT2D eigenvalue weighted by Crippen LogP contribution is -2.43. The second-order valence-corrected chi connectivity index (χ2v) is 9.12. The number of nitrogens with one attached hydrogen (secondary N) is 2. The highest BCUT2D eigenvalue weighted by Crippen LogP contribution is 2.32. The second kappa shape index (κ2) is 10.0. The van der Waals surface area contributed by atoms with E-state index in [0.29, 0.717) is 17.7 Å². The molecule has 0 saturated carbocycles.